The van der Waals surface area contributed by atoms with Gasteiger partial charge in [0, 0.05) is 31.3 Å². The van der Waals surface area contributed by atoms with Gasteiger partial charge in [0.05, 0.1) is 0 Å². The maximum atomic E-state index is 11.8. The van der Waals surface area contributed by atoms with Gasteiger partial charge in [-0.1, -0.05) is 20.8 Å². The summed E-state index contributed by atoms with van der Waals surface area (Å²) in [6.07, 6.45) is 1.40. The third-order valence-corrected chi connectivity index (χ3v) is 3.02. The highest BCUT2D eigenvalue weighted by Gasteiger charge is 2.28. The summed E-state index contributed by atoms with van der Waals surface area (Å²) in [5, 5.41) is 0. The molecule has 1 heterocycles. The quantitative estimate of drug-likeness (QED) is 0.672. The van der Waals surface area contributed by atoms with Crippen molar-refractivity contribution in [3.63, 3.8) is 0 Å². The summed E-state index contributed by atoms with van der Waals surface area (Å²) in [5.74, 6) is 0.609. The van der Waals surface area contributed by atoms with Crippen LogP contribution in [0.4, 0.5) is 0 Å². The van der Waals surface area contributed by atoms with E-state index in [2.05, 4.69) is 0 Å². The van der Waals surface area contributed by atoms with Crippen molar-refractivity contribution in [2.75, 3.05) is 13.1 Å². The largest absolute Gasteiger partial charge is 0.341 e. The molecule has 0 saturated carbocycles. The van der Waals surface area contributed by atoms with Crippen LogP contribution in [0.1, 0.15) is 33.6 Å². The molecular formula is C11H19NO2. The zero-order chi connectivity index (χ0) is 10.7. The molecule has 0 aromatic rings. The molecular weight excluding hydrogens is 178 g/mol. The fraction of sp³-hybridized carbons (Fsp3) is 0.818. The van der Waals surface area contributed by atoms with Crippen molar-refractivity contribution in [3.05, 3.63) is 0 Å². The summed E-state index contributed by atoms with van der Waals surface area (Å²) in [6.45, 7) is 7.09. The number of piperidine rings is 1. The third kappa shape index (κ3) is 2.34. The molecule has 2 atom stereocenters. The minimum atomic E-state index is 0.0248. The fourth-order valence-electron chi connectivity index (χ4n) is 1.70. The molecule has 1 aliphatic rings. The predicted octanol–water partition coefficient (Wildman–Crippen LogP) is 1.47. The van der Waals surface area contributed by atoms with E-state index in [1.165, 1.54) is 0 Å². The summed E-state index contributed by atoms with van der Waals surface area (Å²) in [7, 11) is 0. The van der Waals surface area contributed by atoms with Crippen LogP contribution in [-0.4, -0.2) is 29.7 Å². The molecule has 0 spiro atoms. The maximum absolute atomic E-state index is 11.8. The second kappa shape index (κ2) is 4.58. The highest BCUT2D eigenvalue weighted by Crippen LogP contribution is 2.15. The first-order valence-corrected chi connectivity index (χ1v) is 5.37. The number of hydrogen-bond acceptors (Lipinski definition) is 2. The molecule has 1 saturated heterocycles. The van der Waals surface area contributed by atoms with Crippen LogP contribution < -0.4 is 0 Å². The van der Waals surface area contributed by atoms with Crippen molar-refractivity contribution in [2.24, 2.45) is 11.8 Å². The standard InChI is InChI=1S/C11H19NO2/c1-4-8(2)11(14)12-6-5-10(13)9(3)7-12/h8-9H,4-7H2,1-3H3. The molecule has 1 aliphatic heterocycles. The Morgan fingerprint density at radius 3 is 2.79 bits per heavy atom. The van der Waals surface area contributed by atoms with Crippen LogP contribution in [-0.2, 0) is 9.59 Å². The van der Waals surface area contributed by atoms with Crippen molar-refractivity contribution < 1.29 is 9.59 Å². The van der Waals surface area contributed by atoms with Crippen molar-refractivity contribution in [2.45, 2.75) is 33.6 Å². The van der Waals surface area contributed by atoms with Crippen LogP contribution in [0.25, 0.3) is 0 Å². The van der Waals surface area contributed by atoms with Gasteiger partial charge in [-0.3, -0.25) is 9.59 Å². The van der Waals surface area contributed by atoms with Gasteiger partial charge in [-0.05, 0) is 6.42 Å². The minimum absolute atomic E-state index is 0.0248. The van der Waals surface area contributed by atoms with E-state index in [0.29, 0.717) is 25.3 Å². The number of Topliss-reactive ketones (excluding diaryl/α,β-unsaturated/α-hetero) is 1. The SMILES string of the molecule is CCC(C)C(=O)N1CCC(=O)C(C)C1. The number of nitrogens with zero attached hydrogens (tertiary/aromatic N) is 1. The van der Waals surface area contributed by atoms with Crippen molar-refractivity contribution in [1.82, 2.24) is 4.90 Å². The number of amides is 1. The predicted molar refractivity (Wildman–Crippen MR) is 54.8 cm³/mol. The fourth-order valence-corrected chi connectivity index (χ4v) is 1.70. The van der Waals surface area contributed by atoms with Gasteiger partial charge in [0.1, 0.15) is 5.78 Å². The van der Waals surface area contributed by atoms with Crippen LogP contribution in [0.5, 0.6) is 0 Å². The monoisotopic (exact) mass is 197 g/mol. The van der Waals surface area contributed by atoms with Crippen LogP contribution in [0.15, 0.2) is 0 Å². The topological polar surface area (TPSA) is 37.4 Å². The molecule has 2 unspecified atom stereocenters. The van der Waals surface area contributed by atoms with Gasteiger partial charge in [0.2, 0.25) is 5.91 Å². The molecule has 1 amide bonds. The Bertz CT molecular complexity index is 237. The van der Waals surface area contributed by atoms with E-state index in [9.17, 15) is 9.59 Å². The Kier molecular flexibility index (Phi) is 3.67. The first-order chi connectivity index (χ1) is 6.56. The van der Waals surface area contributed by atoms with E-state index in [1.807, 2.05) is 25.7 Å². The molecule has 80 valence electrons. The average Bonchev–Trinajstić information content (AvgIpc) is 2.20. The summed E-state index contributed by atoms with van der Waals surface area (Å²) in [6, 6.07) is 0. The lowest BCUT2D eigenvalue weighted by Crippen LogP contribution is -2.45. The molecule has 0 aliphatic carbocycles. The Morgan fingerprint density at radius 2 is 2.29 bits per heavy atom. The van der Waals surface area contributed by atoms with Gasteiger partial charge in [-0.2, -0.15) is 0 Å². The first kappa shape index (κ1) is 11.2. The van der Waals surface area contributed by atoms with Crippen molar-refractivity contribution in [1.29, 1.82) is 0 Å². The number of carbonyl (C=O) groups is 2. The Labute approximate surface area is 85.5 Å². The van der Waals surface area contributed by atoms with E-state index in [-0.39, 0.29) is 17.7 Å². The molecule has 1 fully saturated rings. The summed E-state index contributed by atoms with van der Waals surface area (Å²) < 4.78 is 0. The molecule has 3 heteroatoms. The molecule has 0 aromatic carbocycles. The Morgan fingerprint density at radius 1 is 1.64 bits per heavy atom. The van der Waals surface area contributed by atoms with E-state index < -0.39 is 0 Å². The van der Waals surface area contributed by atoms with Gasteiger partial charge in [-0.15, -0.1) is 0 Å². The van der Waals surface area contributed by atoms with Crippen LogP contribution in [0, 0.1) is 11.8 Å². The van der Waals surface area contributed by atoms with Crippen molar-refractivity contribution >= 4 is 11.7 Å². The van der Waals surface area contributed by atoms with Crippen LogP contribution in [0.3, 0.4) is 0 Å². The number of likely N-dealkylation sites (tertiary alicyclic amines) is 1. The van der Waals surface area contributed by atoms with Gasteiger partial charge in [0.25, 0.3) is 0 Å². The van der Waals surface area contributed by atoms with E-state index in [0.717, 1.165) is 6.42 Å². The molecule has 1 rings (SSSR count). The highest BCUT2D eigenvalue weighted by atomic mass is 16.2. The normalized spacial score (nSPS) is 24.9. The summed E-state index contributed by atoms with van der Waals surface area (Å²) >= 11 is 0. The lowest BCUT2D eigenvalue weighted by Gasteiger charge is -2.31. The van der Waals surface area contributed by atoms with E-state index in [1.54, 1.807) is 0 Å². The van der Waals surface area contributed by atoms with Gasteiger partial charge >= 0.3 is 0 Å². The molecule has 0 bridgehead atoms. The third-order valence-electron chi connectivity index (χ3n) is 3.02. The van der Waals surface area contributed by atoms with Crippen LogP contribution >= 0.6 is 0 Å². The zero-order valence-corrected chi connectivity index (χ0v) is 9.25. The van der Waals surface area contributed by atoms with E-state index in [4.69, 9.17) is 0 Å². The molecule has 0 radical (unpaired) electrons. The molecule has 0 aromatic heterocycles. The van der Waals surface area contributed by atoms with Gasteiger partial charge < -0.3 is 4.90 Å². The van der Waals surface area contributed by atoms with E-state index >= 15 is 0 Å². The number of rotatable bonds is 2. The zero-order valence-electron chi connectivity index (χ0n) is 9.25. The summed E-state index contributed by atoms with van der Waals surface area (Å²) in [5.41, 5.74) is 0. The number of hydrogen-bond donors (Lipinski definition) is 0. The second-order valence-electron chi connectivity index (χ2n) is 4.21. The first-order valence-electron chi connectivity index (χ1n) is 5.37. The average molecular weight is 197 g/mol. The summed E-state index contributed by atoms with van der Waals surface area (Å²) in [4.78, 5) is 24.9. The lowest BCUT2D eigenvalue weighted by molar-refractivity contribution is -0.139. The smallest absolute Gasteiger partial charge is 0.225 e. The number of carbonyl (C=O) groups excluding carboxylic acids is 2. The molecule has 14 heavy (non-hydrogen) atoms. The molecule has 0 N–H and O–H groups in total. The number of ketones is 1. The highest BCUT2D eigenvalue weighted by molar-refractivity contribution is 5.85. The Balaban J connectivity index is 2.54. The minimum Gasteiger partial charge on any atom is -0.341 e. The van der Waals surface area contributed by atoms with Gasteiger partial charge in [0.15, 0.2) is 0 Å². The lowest BCUT2D eigenvalue weighted by atomic mass is 9.97. The Hall–Kier alpha value is -0.860. The van der Waals surface area contributed by atoms with Gasteiger partial charge in [-0.25, -0.2) is 0 Å². The maximum Gasteiger partial charge on any atom is 0.225 e. The second-order valence-corrected chi connectivity index (χ2v) is 4.21. The van der Waals surface area contributed by atoms with Crippen LogP contribution in [0.2, 0.25) is 0 Å². The van der Waals surface area contributed by atoms with Crippen molar-refractivity contribution in [3.8, 4) is 0 Å². The molecule has 3 nitrogen and oxygen atoms in total.